The lowest BCUT2D eigenvalue weighted by molar-refractivity contribution is 0.104. The first-order valence-electron chi connectivity index (χ1n) is 6.39. The molecule has 108 valence electrons. The zero-order chi connectivity index (χ0) is 15.2. The van der Waals surface area contributed by atoms with Gasteiger partial charge in [-0.05, 0) is 23.8 Å². The molecule has 0 saturated heterocycles. The van der Waals surface area contributed by atoms with Gasteiger partial charge in [-0.3, -0.25) is 4.79 Å². The molecule has 0 unspecified atom stereocenters. The number of hydrogen-bond donors (Lipinski definition) is 1. The van der Waals surface area contributed by atoms with E-state index in [1.807, 2.05) is 30.3 Å². The molecule has 21 heavy (non-hydrogen) atoms. The quantitative estimate of drug-likeness (QED) is 0.668. The summed E-state index contributed by atoms with van der Waals surface area (Å²) >= 11 is 6.19. The van der Waals surface area contributed by atoms with Crippen LogP contribution in [0.3, 0.4) is 0 Å². The molecule has 0 saturated carbocycles. The number of methoxy groups -OCH3 is 1. The van der Waals surface area contributed by atoms with Gasteiger partial charge in [0.2, 0.25) is 0 Å². The molecular formula is C17H15ClO3. The fourth-order valence-electron chi connectivity index (χ4n) is 1.93. The van der Waals surface area contributed by atoms with Crippen molar-refractivity contribution in [3.8, 4) is 5.75 Å². The Morgan fingerprint density at radius 2 is 2.00 bits per heavy atom. The minimum atomic E-state index is -0.267. The zero-order valence-corrected chi connectivity index (χ0v) is 12.3. The lowest BCUT2D eigenvalue weighted by Crippen LogP contribution is -1.99. The molecule has 0 fully saturated rings. The van der Waals surface area contributed by atoms with E-state index in [0.29, 0.717) is 10.6 Å². The van der Waals surface area contributed by atoms with E-state index in [1.54, 1.807) is 6.08 Å². The summed E-state index contributed by atoms with van der Waals surface area (Å²) in [6.07, 6.45) is 3.14. The molecule has 0 aliphatic heterocycles. The molecule has 0 atom stereocenters. The number of allylic oxidation sites excluding steroid dienone is 1. The number of rotatable bonds is 5. The summed E-state index contributed by atoms with van der Waals surface area (Å²) in [6.45, 7) is 0.232. The molecule has 0 aliphatic rings. The van der Waals surface area contributed by atoms with Gasteiger partial charge in [-0.15, -0.1) is 0 Å². The Hall–Kier alpha value is -2.10. The number of ketones is 1. The van der Waals surface area contributed by atoms with E-state index in [1.165, 1.54) is 25.3 Å². The lowest BCUT2D eigenvalue weighted by atomic mass is 10.1. The Kier molecular flexibility index (Phi) is 5.14. The van der Waals surface area contributed by atoms with Crippen LogP contribution in [0, 0.1) is 0 Å². The van der Waals surface area contributed by atoms with Gasteiger partial charge in [-0.2, -0.15) is 0 Å². The minimum Gasteiger partial charge on any atom is -0.508 e. The van der Waals surface area contributed by atoms with Gasteiger partial charge in [0.05, 0.1) is 11.6 Å². The molecule has 0 aliphatic carbocycles. The summed E-state index contributed by atoms with van der Waals surface area (Å²) in [5.74, 6) is -0.278. The van der Waals surface area contributed by atoms with Crippen LogP contribution in [-0.2, 0) is 11.3 Å². The van der Waals surface area contributed by atoms with Crippen molar-refractivity contribution in [1.82, 2.24) is 0 Å². The summed E-state index contributed by atoms with van der Waals surface area (Å²) in [5, 5.41) is 9.99. The first-order valence-corrected chi connectivity index (χ1v) is 6.77. The normalized spacial score (nSPS) is 11.0. The highest BCUT2D eigenvalue weighted by Gasteiger charge is 2.13. The predicted octanol–water partition coefficient (Wildman–Crippen LogP) is 4.09. The van der Waals surface area contributed by atoms with E-state index in [0.717, 1.165) is 5.56 Å². The van der Waals surface area contributed by atoms with E-state index in [4.69, 9.17) is 16.3 Å². The third-order valence-corrected chi connectivity index (χ3v) is 3.37. The Balaban J connectivity index is 2.29. The number of phenolic OH excluding ortho intramolecular Hbond substituents is 1. The van der Waals surface area contributed by atoms with E-state index in [-0.39, 0.29) is 23.7 Å². The second kappa shape index (κ2) is 7.07. The fourth-order valence-corrected chi connectivity index (χ4v) is 2.19. The summed E-state index contributed by atoms with van der Waals surface area (Å²) < 4.78 is 5.00. The van der Waals surface area contributed by atoms with Gasteiger partial charge in [0, 0.05) is 18.2 Å². The molecule has 2 aromatic rings. The average molecular weight is 303 g/mol. The number of benzene rings is 2. The van der Waals surface area contributed by atoms with E-state index in [2.05, 4.69) is 0 Å². The van der Waals surface area contributed by atoms with Crippen LogP contribution in [0.25, 0.3) is 6.08 Å². The number of phenols is 1. The van der Waals surface area contributed by atoms with Crippen molar-refractivity contribution in [2.24, 2.45) is 0 Å². The summed E-state index contributed by atoms with van der Waals surface area (Å²) in [5.41, 5.74) is 1.76. The zero-order valence-electron chi connectivity index (χ0n) is 11.5. The van der Waals surface area contributed by atoms with E-state index < -0.39 is 0 Å². The maximum absolute atomic E-state index is 12.2. The van der Waals surface area contributed by atoms with Crippen molar-refractivity contribution in [2.45, 2.75) is 6.61 Å². The monoisotopic (exact) mass is 302 g/mol. The lowest BCUT2D eigenvalue weighted by Gasteiger charge is -2.08. The van der Waals surface area contributed by atoms with Gasteiger partial charge in [-0.25, -0.2) is 0 Å². The van der Waals surface area contributed by atoms with Gasteiger partial charge >= 0.3 is 0 Å². The van der Waals surface area contributed by atoms with Crippen LogP contribution in [0.5, 0.6) is 5.75 Å². The molecule has 4 heteroatoms. The molecule has 0 amide bonds. The Morgan fingerprint density at radius 1 is 1.29 bits per heavy atom. The van der Waals surface area contributed by atoms with Gasteiger partial charge in [-0.1, -0.05) is 48.0 Å². The van der Waals surface area contributed by atoms with Gasteiger partial charge in [0.1, 0.15) is 5.75 Å². The second-order valence-corrected chi connectivity index (χ2v) is 4.89. The van der Waals surface area contributed by atoms with Crippen molar-refractivity contribution in [3.05, 3.63) is 70.3 Å². The molecule has 0 spiro atoms. The van der Waals surface area contributed by atoms with Crippen LogP contribution in [0.1, 0.15) is 21.5 Å². The van der Waals surface area contributed by atoms with Crippen LogP contribution in [0.4, 0.5) is 0 Å². The van der Waals surface area contributed by atoms with E-state index in [9.17, 15) is 9.90 Å². The first-order chi connectivity index (χ1) is 10.1. The van der Waals surface area contributed by atoms with Crippen LogP contribution >= 0.6 is 11.6 Å². The molecule has 0 bridgehead atoms. The SMILES string of the molecule is COCc1cc(O)cc(C(=O)/C=C/c2ccccc2)c1Cl. The van der Waals surface area contributed by atoms with Gasteiger partial charge < -0.3 is 9.84 Å². The van der Waals surface area contributed by atoms with Crippen molar-refractivity contribution < 1.29 is 14.6 Å². The largest absolute Gasteiger partial charge is 0.508 e. The van der Waals surface area contributed by atoms with Gasteiger partial charge in [0.25, 0.3) is 0 Å². The number of halogens is 1. The molecule has 1 N–H and O–H groups in total. The van der Waals surface area contributed by atoms with Crippen LogP contribution in [0.2, 0.25) is 5.02 Å². The van der Waals surface area contributed by atoms with Crippen molar-refractivity contribution in [3.63, 3.8) is 0 Å². The third kappa shape index (κ3) is 3.94. The number of aromatic hydroxyl groups is 1. The molecule has 3 nitrogen and oxygen atoms in total. The smallest absolute Gasteiger partial charge is 0.187 e. The third-order valence-electron chi connectivity index (χ3n) is 2.92. The molecule has 2 aromatic carbocycles. The van der Waals surface area contributed by atoms with Crippen LogP contribution in [-0.4, -0.2) is 18.0 Å². The number of ether oxygens (including phenoxy) is 1. The number of carbonyl (C=O) groups excluding carboxylic acids is 1. The fraction of sp³-hybridized carbons (Fsp3) is 0.118. The highest BCUT2D eigenvalue weighted by molar-refractivity contribution is 6.35. The minimum absolute atomic E-state index is 0.0112. The van der Waals surface area contributed by atoms with Crippen molar-refractivity contribution >= 4 is 23.5 Å². The predicted molar refractivity (Wildman–Crippen MR) is 83.6 cm³/mol. The summed E-state index contributed by atoms with van der Waals surface area (Å²) in [6, 6.07) is 12.3. The molecule has 0 radical (unpaired) electrons. The Morgan fingerprint density at radius 3 is 2.67 bits per heavy atom. The maximum Gasteiger partial charge on any atom is 0.187 e. The standard InChI is InChI=1S/C17H15ClO3/c1-21-11-13-9-14(19)10-15(17(13)18)16(20)8-7-12-5-3-2-4-6-12/h2-10,19H,11H2,1H3/b8-7+. The van der Waals surface area contributed by atoms with E-state index >= 15 is 0 Å². The average Bonchev–Trinajstić information content (AvgIpc) is 2.49. The Bertz CT molecular complexity index is 663. The van der Waals surface area contributed by atoms with Gasteiger partial charge in [0.15, 0.2) is 5.78 Å². The number of carbonyl (C=O) groups is 1. The summed E-state index contributed by atoms with van der Waals surface area (Å²) in [7, 11) is 1.52. The highest BCUT2D eigenvalue weighted by atomic mass is 35.5. The second-order valence-electron chi connectivity index (χ2n) is 4.51. The molecule has 0 aromatic heterocycles. The molecular weight excluding hydrogens is 288 g/mol. The highest BCUT2D eigenvalue weighted by Crippen LogP contribution is 2.28. The maximum atomic E-state index is 12.2. The van der Waals surface area contributed by atoms with Crippen LogP contribution < -0.4 is 0 Å². The summed E-state index contributed by atoms with van der Waals surface area (Å²) in [4.78, 5) is 12.2. The topological polar surface area (TPSA) is 46.5 Å². The van der Waals surface area contributed by atoms with Crippen molar-refractivity contribution in [2.75, 3.05) is 7.11 Å². The van der Waals surface area contributed by atoms with Crippen molar-refractivity contribution in [1.29, 1.82) is 0 Å². The molecule has 2 rings (SSSR count). The Labute approximate surface area is 128 Å². The number of hydrogen-bond acceptors (Lipinski definition) is 3. The van der Waals surface area contributed by atoms with Crippen LogP contribution in [0.15, 0.2) is 48.5 Å². The molecule has 0 heterocycles. The first kappa shape index (κ1) is 15.3.